The summed E-state index contributed by atoms with van der Waals surface area (Å²) in [6.45, 7) is 7.55. The zero-order valence-electron chi connectivity index (χ0n) is 7.16. The van der Waals surface area contributed by atoms with Gasteiger partial charge in [-0.1, -0.05) is 12.5 Å². The fraction of sp³-hybridized carbons (Fsp3) is 0.556. The van der Waals surface area contributed by atoms with Crippen LogP contribution in [0.1, 0.15) is 34.1 Å². The van der Waals surface area contributed by atoms with Gasteiger partial charge in [0.1, 0.15) is 5.83 Å². The maximum Gasteiger partial charge on any atom is 0.122 e. The van der Waals surface area contributed by atoms with E-state index in [0.717, 1.165) is 17.6 Å². The van der Waals surface area contributed by atoms with Crippen molar-refractivity contribution in [1.82, 2.24) is 0 Å². The average Bonchev–Trinajstić information content (AvgIpc) is 1.85. The van der Waals surface area contributed by atoms with Crippen molar-refractivity contribution in [3.05, 3.63) is 23.0 Å². The van der Waals surface area contributed by atoms with E-state index in [2.05, 4.69) is 0 Å². The van der Waals surface area contributed by atoms with Crippen LogP contribution in [0.4, 0.5) is 4.39 Å². The minimum atomic E-state index is -0.0810. The molecule has 0 atom stereocenters. The lowest BCUT2D eigenvalue weighted by Crippen LogP contribution is -1.77. The molecule has 0 aliphatic rings. The second-order valence-electron chi connectivity index (χ2n) is 2.70. The maximum absolute atomic E-state index is 12.9. The second kappa shape index (κ2) is 4.26. The maximum atomic E-state index is 12.9. The molecule has 10 heavy (non-hydrogen) atoms. The molecule has 0 fully saturated rings. The Kier molecular flexibility index (Phi) is 4.01. The highest BCUT2D eigenvalue weighted by Crippen LogP contribution is 2.11. The van der Waals surface area contributed by atoms with Crippen molar-refractivity contribution in [1.29, 1.82) is 0 Å². The molecule has 0 aromatic heterocycles. The molecule has 58 valence electrons. The van der Waals surface area contributed by atoms with Crippen LogP contribution in [-0.2, 0) is 0 Å². The van der Waals surface area contributed by atoms with Gasteiger partial charge in [-0.25, -0.2) is 4.39 Å². The van der Waals surface area contributed by atoms with Gasteiger partial charge in [-0.05, 0) is 38.8 Å². The Morgan fingerprint density at radius 3 is 2.10 bits per heavy atom. The Bertz CT molecular complexity index is 160. The summed E-state index contributed by atoms with van der Waals surface area (Å²) < 4.78 is 12.9. The van der Waals surface area contributed by atoms with Crippen LogP contribution in [0.3, 0.4) is 0 Å². The summed E-state index contributed by atoms with van der Waals surface area (Å²) in [5, 5.41) is 0. The van der Waals surface area contributed by atoms with Crippen molar-refractivity contribution in [3.8, 4) is 0 Å². The SMILES string of the molecule is CC/C(C)=C(\F)C=C(C)C. The Morgan fingerprint density at radius 1 is 1.30 bits per heavy atom. The van der Waals surface area contributed by atoms with Gasteiger partial charge in [0, 0.05) is 0 Å². The average molecular weight is 142 g/mol. The van der Waals surface area contributed by atoms with Crippen molar-refractivity contribution in [2.24, 2.45) is 0 Å². The van der Waals surface area contributed by atoms with Gasteiger partial charge in [-0.2, -0.15) is 0 Å². The van der Waals surface area contributed by atoms with Gasteiger partial charge in [0.15, 0.2) is 0 Å². The predicted molar refractivity (Wildman–Crippen MR) is 43.5 cm³/mol. The third-order valence-electron chi connectivity index (χ3n) is 1.35. The molecule has 0 aliphatic heterocycles. The highest BCUT2D eigenvalue weighted by Gasteiger charge is 1.93. The zero-order valence-corrected chi connectivity index (χ0v) is 7.16. The molecule has 0 aromatic rings. The molecule has 0 N–H and O–H groups in total. The molecule has 0 nitrogen and oxygen atoms in total. The van der Waals surface area contributed by atoms with E-state index in [-0.39, 0.29) is 5.83 Å². The molecule has 0 saturated heterocycles. The number of rotatable bonds is 2. The first-order chi connectivity index (χ1) is 4.57. The highest BCUT2D eigenvalue weighted by molar-refractivity contribution is 5.20. The van der Waals surface area contributed by atoms with E-state index in [1.807, 2.05) is 27.7 Å². The Balaban J connectivity index is 4.33. The Morgan fingerprint density at radius 2 is 1.80 bits per heavy atom. The van der Waals surface area contributed by atoms with Gasteiger partial charge in [-0.3, -0.25) is 0 Å². The summed E-state index contributed by atoms with van der Waals surface area (Å²) in [5.41, 5.74) is 1.83. The van der Waals surface area contributed by atoms with E-state index in [4.69, 9.17) is 0 Å². The van der Waals surface area contributed by atoms with Crippen LogP contribution in [-0.4, -0.2) is 0 Å². The molecule has 0 bridgehead atoms. The summed E-state index contributed by atoms with van der Waals surface area (Å²) in [6, 6.07) is 0. The smallest absolute Gasteiger partial charge is 0.122 e. The largest absolute Gasteiger partial charge is 0.207 e. The summed E-state index contributed by atoms with van der Waals surface area (Å²) in [5.74, 6) is -0.0810. The predicted octanol–water partition coefficient (Wildman–Crippen LogP) is 3.61. The lowest BCUT2D eigenvalue weighted by Gasteiger charge is -1.95. The molecular formula is C9H15F. The van der Waals surface area contributed by atoms with Gasteiger partial charge in [-0.15, -0.1) is 0 Å². The van der Waals surface area contributed by atoms with Gasteiger partial charge >= 0.3 is 0 Å². The van der Waals surface area contributed by atoms with E-state index in [1.165, 1.54) is 0 Å². The zero-order chi connectivity index (χ0) is 8.15. The molecule has 0 saturated carbocycles. The Hall–Kier alpha value is -0.590. The van der Waals surface area contributed by atoms with Crippen LogP contribution >= 0.6 is 0 Å². The summed E-state index contributed by atoms with van der Waals surface area (Å²) >= 11 is 0. The van der Waals surface area contributed by atoms with Gasteiger partial charge in [0.05, 0.1) is 0 Å². The van der Waals surface area contributed by atoms with Crippen molar-refractivity contribution >= 4 is 0 Å². The molecule has 0 rings (SSSR count). The normalized spacial score (nSPS) is 12.5. The second-order valence-corrected chi connectivity index (χ2v) is 2.70. The van der Waals surface area contributed by atoms with Crippen LogP contribution in [0.5, 0.6) is 0 Å². The molecule has 0 aliphatic carbocycles. The number of allylic oxidation sites excluding steroid dienone is 4. The monoisotopic (exact) mass is 142 g/mol. The van der Waals surface area contributed by atoms with Gasteiger partial charge < -0.3 is 0 Å². The van der Waals surface area contributed by atoms with Crippen molar-refractivity contribution in [2.75, 3.05) is 0 Å². The van der Waals surface area contributed by atoms with E-state index in [9.17, 15) is 4.39 Å². The van der Waals surface area contributed by atoms with Crippen LogP contribution in [0.2, 0.25) is 0 Å². The molecule has 0 spiro atoms. The first-order valence-electron chi connectivity index (χ1n) is 3.58. The fourth-order valence-electron chi connectivity index (χ4n) is 0.546. The number of hydrogen-bond donors (Lipinski definition) is 0. The third kappa shape index (κ3) is 3.44. The van der Waals surface area contributed by atoms with Crippen molar-refractivity contribution in [2.45, 2.75) is 34.1 Å². The third-order valence-corrected chi connectivity index (χ3v) is 1.35. The van der Waals surface area contributed by atoms with Crippen LogP contribution < -0.4 is 0 Å². The summed E-state index contributed by atoms with van der Waals surface area (Å²) in [4.78, 5) is 0. The summed E-state index contributed by atoms with van der Waals surface area (Å²) in [6.07, 6.45) is 2.36. The first-order valence-corrected chi connectivity index (χ1v) is 3.58. The van der Waals surface area contributed by atoms with Gasteiger partial charge in [0.2, 0.25) is 0 Å². The molecular weight excluding hydrogens is 127 g/mol. The van der Waals surface area contributed by atoms with Crippen molar-refractivity contribution < 1.29 is 4.39 Å². The van der Waals surface area contributed by atoms with E-state index < -0.39 is 0 Å². The minimum Gasteiger partial charge on any atom is -0.207 e. The van der Waals surface area contributed by atoms with Crippen LogP contribution in [0, 0.1) is 0 Å². The van der Waals surface area contributed by atoms with E-state index in [0.29, 0.717) is 0 Å². The molecule has 0 aromatic carbocycles. The van der Waals surface area contributed by atoms with E-state index in [1.54, 1.807) is 6.08 Å². The van der Waals surface area contributed by atoms with Crippen LogP contribution in [0.15, 0.2) is 23.0 Å². The number of halogens is 1. The van der Waals surface area contributed by atoms with Gasteiger partial charge in [0.25, 0.3) is 0 Å². The molecule has 1 heteroatoms. The fourth-order valence-corrected chi connectivity index (χ4v) is 0.546. The molecule has 0 amide bonds. The lowest BCUT2D eigenvalue weighted by atomic mass is 10.2. The molecule has 0 radical (unpaired) electrons. The summed E-state index contributed by atoms with van der Waals surface area (Å²) in [7, 11) is 0. The minimum absolute atomic E-state index is 0.0810. The molecule has 0 unspecified atom stereocenters. The van der Waals surface area contributed by atoms with Crippen molar-refractivity contribution in [3.63, 3.8) is 0 Å². The lowest BCUT2D eigenvalue weighted by molar-refractivity contribution is 0.646. The number of hydrogen-bond acceptors (Lipinski definition) is 0. The van der Waals surface area contributed by atoms with E-state index >= 15 is 0 Å². The molecule has 0 heterocycles. The Labute approximate surface area is 62.4 Å². The topological polar surface area (TPSA) is 0 Å². The first kappa shape index (κ1) is 9.41. The quantitative estimate of drug-likeness (QED) is 0.517. The standard InChI is InChI=1S/C9H15F/c1-5-8(4)9(10)6-7(2)3/h6H,5H2,1-4H3/b9-8-. The highest BCUT2D eigenvalue weighted by atomic mass is 19.1. The van der Waals surface area contributed by atoms with Crippen LogP contribution in [0.25, 0.3) is 0 Å².